The van der Waals surface area contributed by atoms with Crippen molar-refractivity contribution in [2.45, 2.75) is 27.0 Å². The molecule has 0 spiro atoms. The molecule has 0 fully saturated rings. The molecule has 0 bridgehead atoms. The lowest BCUT2D eigenvalue weighted by molar-refractivity contribution is 0.0697. The predicted molar refractivity (Wildman–Crippen MR) is 90.1 cm³/mol. The normalized spacial score (nSPS) is 10.9. The van der Waals surface area contributed by atoms with E-state index < -0.39 is 5.97 Å². The molecule has 0 radical (unpaired) electrons. The predicted octanol–water partition coefficient (Wildman–Crippen LogP) is 4.25. The third-order valence-corrected chi connectivity index (χ3v) is 3.96. The number of fused-ring (bicyclic) bond motifs is 1. The Balaban J connectivity index is 1.90. The van der Waals surface area contributed by atoms with Crippen LogP contribution < -0.4 is 4.74 Å². The van der Waals surface area contributed by atoms with Crippen molar-refractivity contribution in [1.82, 2.24) is 4.57 Å². The molecule has 0 unspecified atom stereocenters. The van der Waals surface area contributed by atoms with Crippen LogP contribution in [0.1, 0.15) is 28.5 Å². The molecule has 4 nitrogen and oxygen atoms in total. The maximum absolute atomic E-state index is 11.2. The van der Waals surface area contributed by atoms with Gasteiger partial charge in [-0.05, 0) is 44.2 Å². The number of hydrogen-bond donors (Lipinski definition) is 1. The van der Waals surface area contributed by atoms with Crippen molar-refractivity contribution in [1.29, 1.82) is 0 Å². The smallest absolute Gasteiger partial charge is 0.335 e. The Kier molecular flexibility index (Phi) is 4.06. The fourth-order valence-corrected chi connectivity index (χ4v) is 2.73. The minimum atomic E-state index is -0.909. The molecule has 23 heavy (non-hydrogen) atoms. The first-order valence-corrected chi connectivity index (χ1v) is 7.63. The van der Waals surface area contributed by atoms with E-state index in [1.54, 1.807) is 12.1 Å². The lowest BCUT2D eigenvalue weighted by Gasteiger charge is -2.10. The third-order valence-electron chi connectivity index (χ3n) is 3.96. The van der Waals surface area contributed by atoms with Crippen LogP contribution in [0, 0.1) is 6.92 Å². The van der Waals surface area contributed by atoms with Crippen molar-refractivity contribution in [3.05, 3.63) is 65.4 Å². The molecule has 1 heterocycles. The number of hydrogen-bond acceptors (Lipinski definition) is 2. The minimum absolute atomic E-state index is 0.302. The van der Waals surface area contributed by atoms with Crippen molar-refractivity contribution in [2.75, 3.05) is 0 Å². The van der Waals surface area contributed by atoms with Gasteiger partial charge in [0.25, 0.3) is 0 Å². The van der Waals surface area contributed by atoms with E-state index in [1.807, 2.05) is 44.2 Å². The van der Waals surface area contributed by atoms with Crippen molar-refractivity contribution in [3.8, 4) is 5.75 Å². The summed E-state index contributed by atoms with van der Waals surface area (Å²) in [5.41, 5.74) is 3.46. The Morgan fingerprint density at radius 2 is 1.87 bits per heavy atom. The average molecular weight is 309 g/mol. The second kappa shape index (κ2) is 6.16. The quantitative estimate of drug-likeness (QED) is 0.766. The first kappa shape index (κ1) is 15.2. The van der Waals surface area contributed by atoms with Crippen LogP contribution in [0.25, 0.3) is 10.9 Å². The van der Waals surface area contributed by atoms with Gasteiger partial charge < -0.3 is 14.4 Å². The van der Waals surface area contributed by atoms with Gasteiger partial charge in [0.2, 0.25) is 0 Å². The molecule has 118 valence electrons. The van der Waals surface area contributed by atoms with E-state index in [-0.39, 0.29) is 0 Å². The molecule has 0 aliphatic carbocycles. The van der Waals surface area contributed by atoms with Gasteiger partial charge in [-0.25, -0.2) is 4.79 Å². The van der Waals surface area contributed by atoms with E-state index in [0.717, 1.165) is 28.9 Å². The van der Waals surface area contributed by atoms with Crippen LogP contribution in [0.5, 0.6) is 5.75 Å². The molecule has 1 aromatic heterocycles. The number of benzene rings is 2. The molecule has 0 amide bonds. The number of carboxylic acids is 1. The molecule has 3 aromatic rings. The van der Waals surface area contributed by atoms with Crippen LogP contribution in [-0.2, 0) is 13.2 Å². The van der Waals surface area contributed by atoms with E-state index in [1.165, 1.54) is 5.56 Å². The Hall–Kier alpha value is -2.75. The second-order valence-electron chi connectivity index (χ2n) is 5.56. The average Bonchev–Trinajstić information content (AvgIpc) is 2.90. The van der Waals surface area contributed by atoms with Gasteiger partial charge in [-0.2, -0.15) is 0 Å². The van der Waals surface area contributed by atoms with Gasteiger partial charge in [-0.3, -0.25) is 0 Å². The molecule has 1 N–H and O–H groups in total. The monoisotopic (exact) mass is 309 g/mol. The summed E-state index contributed by atoms with van der Waals surface area (Å²) in [5, 5.41) is 10.2. The van der Waals surface area contributed by atoms with Gasteiger partial charge in [0.1, 0.15) is 12.4 Å². The van der Waals surface area contributed by atoms with Crippen molar-refractivity contribution < 1.29 is 14.6 Å². The highest BCUT2D eigenvalue weighted by atomic mass is 16.5. The zero-order valence-electron chi connectivity index (χ0n) is 13.2. The zero-order chi connectivity index (χ0) is 16.4. The highest BCUT2D eigenvalue weighted by molar-refractivity contribution is 5.93. The number of carboxylic acid groups (broad SMARTS) is 1. The number of carbonyl (C=O) groups is 1. The van der Waals surface area contributed by atoms with E-state index >= 15 is 0 Å². The molecule has 0 saturated heterocycles. The van der Waals surface area contributed by atoms with E-state index in [9.17, 15) is 4.79 Å². The number of aromatic nitrogens is 1. The fourth-order valence-electron chi connectivity index (χ4n) is 2.73. The molecular formula is C19H19NO3. The number of nitrogens with zero attached hydrogens (tertiary/aromatic N) is 1. The standard InChI is InChI=1S/C19H19NO3/c1-3-20-16(12-23-17-8-4-13(2)5-9-17)10-14-6-7-15(19(21)22)11-18(14)20/h4-11H,3,12H2,1-2H3,(H,21,22). The molecule has 0 aliphatic heterocycles. The zero-order valence-corrected chi connectivity index (χ0v) is 13.2. The van der Waals surface area contributed by atoms with Crippen LogP contribution in [-0.4, -0.2) is 15.6 Å². The van der Waals surface area contributed by atoms with Crippen molar-refractivity contribution in [3.63, 3.8) is 0 Å². The van der Waals surface area contributed by atoms with Crippen LogP contribution in [0.3, 0.4) is 0 Å². The van der Waals surface area contributed by atoms with Crippen LogP contribution in [0.4, 0.5) is 0 Å². The summed E-state index contributed by atoms with van der Waals surface area (Å²) in [5.74, 6) is -0.0806. The molecule has 0 atom stereocenters. The Labute approximate surface area is 134 Å². The third kappa shape index (κ3) is 3.06. The number of rotatable bonds is 5. The van der Waals surface area contributed by atoms with Crippen molar-refractivity contribution >= 4 is 16.9 Å². The number of aromatic carboxylic acids is 1. The molecule has 0 saturated carbocycles. The Bertz CT molecular complexity index is 847. The molecular weight excluding hydrogens is 290 g/mol. The summed E-state index contributed by atoms with van der Waals surface area (Å²) in [6.07, 6.45) is 0. The first-order valence-electron chi connectivity index (χ1n) is 7.63. The van der Waals surface area contributed by atoms with Gasteiger partial charge in [0.15, 0.2) is 0 Å². The van der Waals surface area contributed by atoms with Gasteiger partial charge in [-0.1, -0.05) is 23.8 Å². The van der Waals surface area contributed by atoms with E-state index in [2.05, 4.69) is 10.6 Å². The van der Waals surface area contributed by atoms with Crippen molar-refractivity contribution in [2.24, 2.45) is 0 Å². The summed E-state index contributed by atoms with van der Waals surface area (Å²) >= 11 is 0. The van der Waals surface area contributed by atoms with Gasteiger partial charge in [0, 0.05) is 17.4 Å². The summed E-state index contributed by atoms with van der Waals surface area (Å²) < 4.78 is 7.95. The lowest BCUT2D eigenvalue weighted by Crippen LogP contribution is -2.05. The van der Waals surface area contributed by atoms with Gasteiger partial charge >= 0.3 is 5.97 Å². The Morgan fingerprint density at radius 1 is 1.13 bits per heavy atom. The number of ether oxygens (including phenoxy) is 1. The summed E-state index contributed by atoms with van der Waals surface area (Å²) in [7, 11) is 0. The Morgan fingerprint density at radius 3 is 2.52 bits per heavy atom. The summed E-state index contributed by atoms with van der Waals surface area (Å²) in [4.78, 5) is 11.2. The van der Waals surface area contributed by atoms with E-state index in [4.69, 9.17) is 9.84 Å². The van der Waals surface area contributed by atoms with Gasteiger partial charge in [-0.15, -0.1) is 0 Å². The summed E-state index contributed by atoms with van der Waals surface area (Å²) in [6.45, 7) is 5.30. The number of aryl methyl sites for hydroxylation is 2. The molecule has 4 heteroatoms. The molecule has 3 rings (SSSR count). The summed E-state index contributed by atoms with van der Waals surface area (Å²) in [6, 6.07) is 15.2. The molecule has 0 aliphatic rings. The first-order chi connectivity index (χ1) is 11.1. The van der Waals surface area contributed by atoms with Gasteiger partial charge in [0.05, 0.1) is 11.3 Å². The topological polar surface area (TPSA) is 51.5 Å². The maximum Gasteiger partial charge on any atom is 0.335 e. The maximum atomic E-state index is 11.2. The van der Waals surface area contributed by atoms with Crippen LogP contribution in [0.15, 0.2) is 48.5 Å². The second-order valence-corrected chi connectivity index (χ2v) is 5.56. The SMILES string of the molecule is CCn1c(COc2ccc(C)cc2)cc2ccc(C(=O)O)cc21. The largest absolute Gasteiger partial charge is 0.487 e. The fraction of sp³-hybridized carbons (Fsp3) is 0.211. The molecule has 2 aromatic carbocycles. The van der Waals surface area contributed by atoms with E-state index in [0.29, 0.717) is 12.2 Å². The van der Waals surface area contributed by atoms with Crippen LogP contribution >= 0.6 is 0 Å². The van der Waals surface area contributed by atoms with Crippen LogP contribution in [0.2, 0.25) is 0 Å². The minimum Gasteiger partial charge on any atom is -0.487 e. The lowest BCUT2D eigenvalue weighted by atomic mass is 10.1. The highest BCUT2D eigenvalue weighted by Crippen LogP contribution is 2.23. The highest BCUT2D eigenvalue weighted by Gasteiger charge is 2.11.